The minimum atomic E-state index is -0.882. The zero-order valence-electron chi connectivity index (χ0n) is 18.8. The molecule has 168 valence electrons. The molecule has 1 aliphatic heterocycles. The molecule has 8 nitrogen and oxygen atoms in total. The maximum atomic E-state index is 13.3. The topological polar surface area (TPSA) is 99.7 Å². The zero-order chi connectivity index (χ0) is 23.5. The van der Waals surface area contributed by atoms with Crippen LogP contribution in [-0.4, -0.2) is 39.6 Å². The van der Waals surface area contributed by atoms with Crippen LogP contribution in [0.15, 0.2) is 48.8 Å². The van der Waals surface area contributed by atoms with Gasteiger partial charge in [-0.05, 0) is 41.3 Å². The standard InChI is InChI=1S/C24H28N4O4/c1-16(29)26-18-7-9-19(10-8-18)28-21(30)12-20(23(28)32)27(22(31)13-24(2,3)4)15-17-6-5-11-25-14-17/h5-11,14,20H,12-13,15H2,1-4H3,(H,26,29). The van der Waals surface area contributed by atoms with E-state index in [0.29, 0.717) is 11.4 Å². The molecule has 0 spiro atoms. The van der Waals surface area contributed by atoms with Crippen molar-refractivity contribution in [2.45, 2.75) is 53.1 Å². The summed E-state index contributed by atoms with van der Waals surface area (Å²) in [6, 6.07) is 9.19. The second-order valence-corrected chi connectivity index (χ2v) is 9.14. The van der Waals surface area contributed by atoms with Gasteiger partial charge in [0.25, 0.3) is 5.91 Å². The molecule has 1 unspecified atom stereocenters. The number of carbonyl (C=O) groups excluding carboxylic acids is 4. The van der Waals surface area contributed by atoms with Crippen molar-refractivity contribution in [1.82, 2.24) is 9.88 Å². The van der Waals surface area contributed by atoms with E-state index >= 15 is 0 Å². The Bertz CT molecular complexity index is 1010. The van der Waals surface area contributed by atoms with E-state index < -0.39 is 11.9 Å². The van der Waals surface area contributed by atoms with Crippen LogP contribution in [0.25, 0.3) is 0 Å². The van der Waals surface area contributed by atoms with Crippen LogP contribution in [0, 0.1) is 5.41 Å². The predicted octanol–water partition coefficient (Wildman–Crippen LogP) is 3.14. The molecule has 1 fully saturated rings. The van der Waals surface area contributed by atoms with Crippen molar-refractivity contribution in [3.8, 4) is 0 Å². The molecule has 4 amide bonds. The summed E-state index contributed by atoms with van der Waals surface area (Å²) in [5, 5.41) is 2.65. The third-order valence-electron chi connectivity index (χ3n) is 5.02. The molecular weight excluding hydrogens is 408 g/mol. The summed E-state index contributed by atoms with van der Waals surface area (Å²) in [6.07, 6.45) is 3.46. The molecule has 1 aromatic carbocycles. The van der Waals surface area contributed by atoms with Gasteiger partial charge in [0.05, 0.1) is 12.1 Å². The number of pyridine rings is 1. The molecule has 0 saturated carbocycles. The minimum Gasteiger partial charge on any atom is -0.326 e. The maximum Gasteiger partial charge on any atom is 0.257 e. The predicted molar refractivity (Wildman–Crippen MR) is 121 cm³/mol. The van der Waals surface area contributed by atoms with E-state index in [4.69, 9.17) is 0 Å². The summed E-state index contributed by atoms with van der Waals surface area (Å²) >= 11 is 0. The van der Waals surface area contributed by atoms with Crippen LogP contribution in [0.2, 0.25) is 0 Å². The van der Waals surface area contributed by atoms with Gasteiger partial charge < -0.3 is 10.2 Å². The van der Waals surface area contributed by atoms with E-state index in [9.17, 15) is 19.2 Å². The first kappa shape index (κ1) is 23.1. The number of hydrogen-bond donors (Lipinski definition) is 1. The van der Waals surface area contributed by atoms with Gasteiger partial charge in [0.2, 0.25) is 17.7 Å². The Balaban J connectivity index is 1.87. The Morgan fingerprint density at radius 3 is 2.41 bits per heavy atom. The third-order valence-corrected chi connectivity index (χ3v) is 5.02. The van der Waals surface area contributed by atoms with Crippen LogP contribution in [0.1, 0.15) is 46.1 Å². The fourth-order valence-corrected chi connectivity index (χ4v) is 3.64. The fraction of sp³-hybridized carbons (Fsp3) is 0.375. The molecule has 1 aromatic heterocycles. The molecule has 2 heterocycles. The van der Waals surface area contributed by atoms with Crippen LogP contribution in [0.3, 0.4) is 0 Å². The monoisotopic (exact) mass is 436 g/mol. The molecule has 3 rings (SSSR count). The average molecular weight is 437 g/mol. The van der Waals surface area contributed by atoms with Gasteiger partial charge in [0, 0.05) is 38.0 Å². The van der Waals surface area contributed by atoms with Crippen LogP contribution in [0.5, 0.6) is 0 Å². The summed E-state index contributed by atoms with van der Waals surface area (Å²) in [7, 11) is 0. The van der Waals surface area contributed by atoms with Crippen molar-refractivity contribution >= 4 is 35.0 Å². The van der Waals surface area contributed by atoms with Gasteiger partial charge in [0.15, 0.2) is 0 Å². The number of aromatic nitrogens is 1. The Kier molecular flexibility index (Phi) is 6.72. The Labute approximate surface area is 187 Å². The molecule has 1 atom stereocenters. The Morgan fingerprint density at radius 1 is 1.16 bits per heavy atom. The maximum absolute atomic E-state index is 13.3. The SMILES string of the molecule is CC(=O)Nc1ccc(N2C(=O)CC(N(Cc3cccnc3)C(=O)CC(C)(C)C)C2=O)cc1. The number of anilines is 2. The lowest BCUT2D eigenvalue weighted by molar-refractivity contribution is -0.140. The van der Waals surface area contributed by atoms with E-state index in [1.807, 2.05) is 26.8 Å². The molecule has 1 aliphatic rings. The largest absolute Gasteiger partial charge is 0.326 e. The number of imide groups is 1. The van der Waals surface area contributed by atoms with Crippen LogP contribution in [-0.2, 0) is 25.7 Å². The Hall–Kier alpha value is -3.55. The number of nitrogens with one attached hydrogen (secondary N) is 1. The first-order valence-corrected chi connectivity index (χ1v) is 10.5. The molecule has 32 heavy (non-hydrogen) atoms. The molecular formula is C24H28N4O4. The zero-order valence-corrected chi connectivity index (χ0v) is 18.8. The normalized spacial score (nSPS) is 16.2. The fourth-order valence-electron chi connectivity index (χ4n) is 3.64. The van der Waals surface area contributed by atoms with Gasteiger partial charge in [-0.3, -0.25) is 24.2 Å². The van der Waals surface area contributed by atoms with E-state index in [1.54, 1.807) is 42.7 Å². The van der Waals surface area contributed by atoms with Gasteiger partial charge in [-0.1, -0.05) is 26.8 Å². The van der Waals surface area contributed by atoms with Gasteiger partial charge in [0.1, 0.15) is 6.04 Å². The highest BCUT2D eigenvalue weighted by Gasteiger charge is 2.44. The quantitative estimate of drug-likeness (QED) is 0.702. The van der Waals surface area contributed by atoms with Crippen molar-refractivity contribution in [3.05, 3.63) is 54.4 Å². The highest BCUT2D eigenvalue weighted by Crippen LogP contribution is 2.29. The number of carbonyl (C=O) groups is 4. The second-order valence-electron chi connectivity index (χ2n) is 9.14. The summed E-state index contributed by atoms with van der Waals surface area (Å²) in [6.45, 7) is 7.46. The minimum absolute atomic E-state index is 0.0809. The second kappa shape index (κ2) is 9.30. The lowest BCUT2D eigenvalue weighted by Crippen LogP contribution is -2.46. The number of rotatable bonds is 6. The van der Waals surface area contributed by atoms with Crippen molar-refractivity contribution in [2.24, 2.45) is 5.41 Å². The molecule has 0 aliphatic carbocycles. The first-order chi connectivity index (χ1) is 15.0. The van der Waals surface area contributed by atoms with Crippen LogP contribution < -0.4 is 10.2 Å². The smallest absolute Gasteiger partial charge is 0.257 e. The number of amides is 4. The molecule has 8 heteroatoms. The van der Waals surface area contributed by atoms with E-state index in [1.165, 1.54) is 11.8 Å². The summed E-state index contributed by atoms with van der Waals surface area (Å²) < 4.78 is 0. The molecule has 0 bridgehead atoms. The first-order valence-electron chi connectivity index (χ1n) is 10.5. The van der Waals surface area contributed by atoms with E-state index in [0.717, 1.165) is 10.5 Å². The lowest BCUT2D eigenvalue weighted by Gasteiger charge is -2.30. The lowest BCUT2D eigenvalue weighted by atomic mass is 9.91. The van der Waals surface area contributed by atoms with Gasteiger partial charge in [-0.2, -0.15) is 0 Å². The van der Waals surface area contributed by atoms with E-state index in [-0.39, 0.29) is 42.5 Å². The summed E-state index contributed by atoms with van der Waals surface area (Å²) in [5.41, 5.74) is 1.49. The Morgan fingerprint density at radius 2 is 1.84 bits per heavy atom. The molecule has 0 radical (unpaired) electrons. The van der Waals surface area contributed by atoms with Crippen molar-refractivity contribution < 1.29 is 19.2 Å². The van der Waals surface area contributed by atoms with Crippen LogP contribution >= 0.6 is 0 Å². The van der Waals surface area contributed by atoms with Crippen molar-refractivity contribution in [2.75, 3.05) is 10.2 Å². The number of nitrogens with zero attached hydrogens (tertiary/aromatic N) is 3. The van der Waals surface area contributed by atoms with Crippen molar-refractivity contribution in [3.63, 3.8) is 0 Å². The van der Waals surface area contributed by atoms with Gasteiger partial charge in [-0.15, -0.1) is 0 Å². The average Bonchev–Trinajstić information content (AvgIpc) is 2.99. The van der Waals surface area contributed by atoms with Crippen LogP contribution in [0.4, 0.5) is 11.4 Å². The third kappa shape index (κ3) is 5.57. The molecule has 2 aromatic rings. The van der Waals surface area contributed by atoms with Crippen molar-refractivity contribution in [1.29, 1.82) is 0 Å². The highest BCUT2D eigenvalue weighted by atomic mass is 16.2. The van der Waals surface area contributed by atoms with Gasteiger partial charge in [-0.25, -0.2) is 4.90 Å². The number of benzene rings is 1. The summed E-state index contributed by atoms with van der Waals surface area (Å²) in [5.74, 6) is -1.20. The summed E-state index contributed by atoms with van der Waals surface area (Å²) in [4.78, 5) is 57.2. The van der Waals surface area contributed by atoms with Gasteiger partial charge >= 0.3 is 0 Å². The molecule has 1 N–H and O–H groups in total. The number of hydrogen-bond acceptors (Lipinski definition) is 5. The molecule has 1 saturated heterocycles. The highest BCUT2D eigenvalue weighted by molar-refractivity contribution is 6.23. The van der Waals surface area contributed by atoms with E-state index in [2.05, 4.69) is 10.3 Å².